The Kier molecular flexibility index (Phi) is 5.01. The maximum Gasteiger partial charge on any atom is 0.272 e. The summed E-state index contributed by atoms with van der Waals surface area (Å²) in [5.41, 5.74) is 0.0704. The minimum atomic E-state index is -3.91. The van der Waals surface area contributed by atoms with Gasteiger partial charge >= 0.3 is 0 Å². The van der Waals surface area contributed by atoms with E-state index in [2.05, 4.69) is 15.0 Å². The van der Waals surface area contributed by atoms with E-state index in [-0.39, 0.29) is 22.8 Å². The summed E-state index contributed by atoms with van der Waals surface area (Å²) in [4.78, 5) is 16.6. The Morgan fingerprint density at radius 2 is 1.79 bits per heavy atom. The molecule has 0 saturated carbocycles. The minimum absolute atomic E-state index is 0.0246. The van der Waals surface area contributed by atoms with Gasteiger partial charge in [-0.25, -0.2) is 13.4 Å². The molecule has 29 heavy (non-hydrogen) atoms. The Balaban J connectivity index is 1.58. The number of hydrogen-bond acceptors (Lipinski definition) is 5. The average Bonchev–Trinajstić information content (AvgIpc) is 3.25. The topological polar surface area (TPSA) is 101 Å². The Labute approximate surface area is 167 Å². The highest BCUT2D eigenvalue weighted by molar-refractivity contribution is 7.92. The fourth-order valence-corrected chi connectivity index (χ4v) is 3.97. The highest BCUT2D eigenvalue weighted by Crippen LogP contribution is 2.22. The molecule has 2 aromatic heterocycles. The van der Waals surface area contributed by atoms with E-state index in [9.17, 15) is 13.2 Å². The number of rotatable bonds is 6. The molecule has 4 rings (SSSR count). The molecule has 0 atom stereocenters. The van der Waals surface area contributed by atoms with E-state index in [0.29, 0.717) is 5.76 Å². The highest BCUT2D eigenvalue weighted by Gasteiger charge is 2.20. The van der Waals surface area contributed by atoms with Crippen molar-refractivity contribution < 1.29 is 17.6 Å². The van der Waals surface area contributed by atoms with Crippen LogP contribution in [0.25, 0.3) is 10.8 Å². The summed E-state index contributed by atoms with van der Waals surface area (Å²) in [6.07, 6.45) is 2.93. The first-order valence-corrected chi connectivity index (χ1v) is 10.3. The molecule has 0 aliphatic heterocycles. The van der Waals surface area contributed by atoms with Crippen molar-refractivity contribution in [3.63, 3.8) is 0 Å². The van der Waals surface area contributed by atoms with Crippen LogP contribution in [-0.4, -0.2) is 19.3 Å². The van der Waals surface area contributed by atoms with E-state index in [4.69, 9.17) is 4.42 Å². The Morgan fingerprint density at radius 1 is 0.966 bits per heavy atom. The Morgan fingerprint density at radius 3 is 2.59 bits per heavy atom. The van der Waals surface area contributed by atoms with Crippen molar-refractivity contribution in [2.45, 2.75) is 11.4 Å². The third-order valence-corrected chi connectivity index (χ3v) is 5.66. The number of fused-ring (bicyclic) bond motifs is 1. The molecule has 2 aromatic carbocycles. The van der Waals surface area contributed by atoms with Gasteiger partial charge in [0.2, 0.25) is 0 Å². The number of anilines is 1. The van der Waals surface area contributed by atoms with Crippen molar-refractivity contribution in [3.8, 4) is 0 Å². The van der Waals surface area contributed by atoms with Crippen molar-refractivity contribution in [2.24, 2.45) is 0 Å². The first-order chi connectivity index (χ1) is 14.0. The maximum absolute atomic E-state index is 12.9. The zero-order chi connectivity index (χ0) is 20.3. The second kappa shape index (κ2) is 7.76. The summed E-state index contributed by atoms with van der Waals surface area (Å²) in [5.74, 6) is 0.0609. The molecule has 7 nitrogen and oxygen atoms in total. The summed E-state index contributed by atoms with van der Waals surface area (Å²) < 4.78 is 33.4. The highest BCUT2D eigenvalue weighted by atomic mass is 32.2. The van der Waals surface area contributed by atoms with Crippen LogP contribution in [-0.2, 0) is 16.6 Å². The van der Waals surface area contributed by atoms with Crippen molar-refractivity contribution in [2.75, 3.05) is 4.72 Å². The van der Waals surface area contributed by atoms with Crippen molar-refractivity contribution >= 4 is 32.4 Å². The molecule has 0 bridgehead atoms. The van der Waals surface area contributed by atoms with E-state index in [0.717, 1.165) is 10.8 Å². The molecular formula is C21H17N3O4S. The van der Waals surface area contributed by atoms with E-state index >= 15 is 0 Å². The van der Waals surface area contributed by atoms with Crippen LogP contribution in [0.2, 0.25) is 0 Å². The number of aromatic nitrogens is 1. The predicted molar refractivity (Wildman–Crippen MR) is 109 cm³/mol. The van der Waals surface area contributed by atoms with Gasteiger partial charge in [-0.15, -0.1) is 0 Å². The van der Waals surface area contributed by atoms with Crippen molar-refractivity contribution in [1.82, 2.24) is 10.3 Å². The zero-order valence-corrected chi connectivity index (χ0v) is 16.0. The second-order valence-corrected chi connectivity index (χ2v) is 7.96. The summed E-state index contributed by atoms with van der Waals surface area (Å²) in [6.45, 7) is 0.166. The molecule has 0 aliphatic rings. The number of hydrogen-bond donors (Lipinski definition) is 2. The number of amides is 1. The predicted octanol–water partition coefficient (Wildman–Crippen LogP) is 3.56. The molecule has 0 spiro atoms. The Hall–Kier alpha value is -3.65. The van der Waals surface area contributed by atoms with Crippen LogP contribution in [0.1, 0.15) is 16.2 Å². The van der Waals surface area contributed by atoms with Gasteiger partial charge in [0, 0.05) is 6.20 Å². The van der Waals surface area contributed by atoms with Crippen LogP contribution in [0, 0.1) is 0 Å². The number of nitrogens with one attached hydrogen (secondary N) is 2. The minimum Gasteiger partial charge on any atom is -0.467 e. The second-order valence-electron chi connectivity index (χ2n) is 6.28. The normalized spacial score (nSPS) is 11.3. The van der Waals surface area contributed by atoms with Gasteiger partial charge in [0.15, 0.2) is 5.69 Å². The Bertz CT molecular complexity index is 1270. The molecule has 2 N–H and O–H groups in total. The smallest absolute Gasteiger partial charge is 0.272 e. The van der Waals surface area contributed by atoms with Crippen LogP contribution < -0.4 is 10.0 Å². The summed E-state index contributed by atoms with van der Waals surface area (Å²) in [6, 6.07) is 18.8. The van der Waals surface area contributed by atoms with Gasteiger partial charge in [-0.05, 0) is 47.2 Å². The molecule has 2 heterocycles. The fraction of sp³-hybridized carbons (Fsp3) is 0.0476. The number of carbonyl (C=O) groups is 1. The lowest BCUT2D eigenvalue weighted by Gasteiger charge is -2.12. The number of nitrogens with zero attached hydrogens (tertiary/aromatic N) is 1. The van der Waals surface area contributed by atoms with Gasteiger partial charge in [0.05, 0.1) is 23.4 Å². The summed E-state index contributed by atoms with van der Waals surface area (Å²) >= 11 is 0. The average molecular weight is 407 g/mol. The lowest BCUT2D eigenvalue weighted by Crippen LogP contribution is -2.25. The summed E-state index contributed by atoms with van der Waals surface area (Å²) in [5, 5.41) is 4.40. The van der Waals surface area contributed by atoms with Crippen molar-refractivity contribution in [1.29, 1.82) is 0 Å². The zero-order valence-electron chi connectivity index (χ0n) is 15.2. The van der Waals surface area contributed by atoms with Gasteiger partial charge < -0.3 is 9.73 Å². The molecule has 0 aliphatic carbocycles. The van der Waals surface area contributed by atoms with Gasteiger partial charge in [-0.3, -0.25) is 9.52 Å². The van der Waals surface area contributed by atoms with Gasteiger partial charge in [-0.1, -0.05) is 30.3 Å². The lowest BCUT2D eigenvalue weighted by molar-refractivity contribution is 0.0944. The number of pyridine rings is 1. The number of benzene rings is 2. The van der Waals surface area contributed by atoms with E-state index in [1.807, 2.05) is 24.3 Å². The van der Waals surface area contributed by atoms with Crippen LogP contribution in [0.5, 0.6) is 0 Å². The monoisotopic (exact) mass is 407 g/mol. The SMILES string of the molecule is O=C(NCc1ccco1)c1ncccc1NS(=O)(=O)c1ccc2ccccc2c1. The van der Waals surface area contributed by atoms with Crippen molar-refractivity contribution in [3.05, 3.63) is 90.6 Å². The maximum atomic E-state index is 12.9. The lowest BCUT2D eigenvalue weighted by atomic mass is 10.1. The first kappa shape index (κ1) is 18.7. The third kappa shape index (κ3) is 4.12. The molecule has 4 aromatic rings. The third-order valence-electron chi connectivity index (χ3n) is 4.30. The van der Waals surface area contributed by atoms with Crippen LogP contribution in [0.4, 0.5) is 5.69 Å². The number of furan rings is 1. The van der Waals surface area contributed by atoms with Gasteiger partial charge in [0.25, 0.3) is 15.9 Å². The van der Waals surface area contributed by atoms with Gasteiger partial charge in [-0.2, -0.15) is 0 Å². The quantitative estimate of drug-likeness (QED) is 0.509. The largest absolute Gasteiger partial charge is 0.467 e. The molecule has 0 radical (unpaired) electrons. The number of carbonyl (C=O) groups excluding carboxylic acids is 1. The summed E-state index contributed by atoms with van der Waals surface area (Å²) in [7, 11) is -3.91. The van der Waals surface area contributed by atoms with Crippen LogP contribution in [0.3, 0.4) is 0 Å². The fourth-order valence-electron chi connectivity index (χ4n) is 2.87. The van der Waals surface area contributed by atoms with E-state index in [1.165, 1.54) is 24.6 Å². The van der Waals surface area contributed by atoms with E-state index < -0.39 is 15.9 Å². The molecule has 0 unspecified atom stereocenters. The van der Waals surface area contributed by atoms with Gasteiger partial charge in [0.1, 0.15) is 5.76 Å². The molecule has 1 amide bonds. The molecule has 0 fully saturated rings. The van der Waals surface area contributed by atoms with Crippen LogP contribution in [0.15, 0.2) is 88.5 Å². The van der Waals surface area contributed by atoms with E-state index in [1.54, 1.807) is 30.3 Å². The first-order valence-electron chi connectivity index (χ1n) is 8.80. The molecule has 146 valence electrons. The number of sulfonamides is 1. The molecule has 0 saturated heterocycles. The van der Waals surface area contributed by atoms with Crippen LogP contribution >= 0.6 is 0 Å². The molecular weight excluding hydrogens is 390 g/mol. The standard InChI is InChI=1S/C21H17N3O4S/c25-21(23-14-17-7-4-12-28-17)20-19(8-3-11-22-20)24-29(26,27)18-10-9-15-5-1-2-6-16(15)13-18/h1-13,24H,14H2,(H,23,25). The molecule has 8 heteroatoms.